The number of alkyl halides is 2. The molecule has 0 aromatic heterocycles. The van der Waals surface area contributed by atoms with E-state index in [4.69, 9.17) is 23.2 Å². The van der Waals surface area contributed by atoms with Crippen LogP contribution in [0.25, 0.3) is 0 Å². The Hall–Kier alpha value is -0.780. The molecule has 1 aliphatic rings. The van der Waals surface area contributed by atoms with E-state index in [0.717, 1.165) is 0 Å². The summed E-state index contributed by atoms with van der Waals surface area (Å²) in [6.45, 7) is 2.74. The first-order valence-corrected chi connectivity index (χ1v) is 6.82. The molecule has 0 bridgehead atoms. The lowest BCUT2D eigenvalue weighted by Crippen LogP contribution is -2.50. The Bertz CT molecular complexity index is 395. The van der Waals surface area contributed by atoms with Crippen molar-refractivity contribution >= 4 is 46.3 Å². The minimum Gasteiger partial charge on any atom is -0.306 e. The van der Waals surface area contributed by atoms with E-state index in [9.17, 15) is 19.2 Å². The topological polar surface area (TPSA) is 90.2 Å². The van der Waals surface area contributed by atoms with E-state index in [-0.39, 0.29) is 18.3 Å². The van der Waals surface area contributed by atoms with E-state index >= 15 is 0 Å². The second-order valence-corrected chi connectivity index (χ2v) is 5.22. The lowest BCUT2D eigenvalue weighted by molar-refractivity contribution is -0.136. The largest absolute Gasteiger partial charge is 0.306 e. The molecule has 0 aliphatic carbocycles. The number of carbonyl (C=O) groups excluding carboxylic acids is 4. The Labute approximate surface area is 121 Å². The highest BCUT2D eigenvalue weighted by atomic mass is 35.5. The molecule has 0 aromatic rings. The average Bonchev–Trinajstić information content (AvgIpc) is 3.08. The lowest BCUT2D eigenvalue weighted by atomic mass is 9.73. The van der Waals surface area contributed by atoms with Gasteiger partial charge in [0.15, 0.2) is 11.6 Å². The summed E-state index contributed by atoms with van der Waals surface area (Å²) < 4.78 is 0. The predicted molar refractivity (Wildman–Crippen MR) is 70.5 cm³/mol. The van der Waals surface area contributed by atoms with E-state index < -0.39 is 40.5 Å². The van der Waals surface area contributed by atoms with Gasteiger partial charge in [0, 0.05) is 6.54 Å². The minimum absolute atomic E-state index is 0.243. The molecule has 19 heavy (non-hydrogen) atoms. The number of hydrogen-bond acceptors (Lipinski definition) is 5. The first kappa shape index (κ1) is 16.3. The third kappa shape index (κ3) is 3.04. The maximum absolute atomic E-state index is 11.8. The van der Waals surface area contributed by atoms with Crippen LogP contribution in [0.3, 0.4) is 0 Å². The van der Waals surface area contributed by atoms with Crippen LogP contribution in [0.5, 0.6) is 0 Å². The van der Waals surface area contributed by atoms with E-state index in [1.165, 1.54) is 13.8 Å². The fraction of sp³-hybridized carbons (Fsp3) is 0.667. The minimum atomic E-state index is -1.14. The normalized spacial score (nSPS) is 24.4. The van der Waals surface area contributed by atoms with Crippen molar-refractivity contribution < 1.29 is 19.2 Å². The quantitative estimate of drug-likeness (QED) is 0.397. The molecule has 1 fully saturated rings. The maximum atomic E-state index is 11.8. The molecule has 1 heterocycles. The Kier molecular flexibility index (Phi) is 5.24. The van der Waals surface area contributed by atoms with Gasteiger partial charge in [-0.1, -0.05) is 0 Å². The van der Waals surface area contributed by atoms with Crippen LogP contribution in [-0.4, -0.2) is 47.0 Å². The SMILES string of the molecule is CC(=O)C(C(=O)CCl)C1(C(C(C)=O)C(=O)CCl)CN1. The third-order valence-corrected chi connectivity index (χ3v) is 3.86. The Morgan fingerprint density at radius 2 is 1.32 bits per heavy atom. The summed E-state index contributed by atoms with van der Waals surface area (Å²) in [7, 11) is 0. The molecule has 0 spiro atoms. The van der Waals surface area contributed by atoms with Gasteiger partial charge in [0.05, 0.1) is 29.1 Å². The molecule has 1 rings (SSSR count). The third-order valence-electron chi connectivity index (χ3n) is 3.34. The van der Waals surface area contributed by atoms with Gasteiger partial charge in [0.2, 0.25) is 0 Å². The number of nitrogens with one attached hydrogen (secondary N) is 1. The fourth-order valence-corrected chi connectivity index (χ4v) is 2.89. The second-order valence-electron chi connectivity index (χ2n) is 4.68. The van der Waals surface area contributed by atoms with Crippen LogP contribution in [0.1, 0.15) is 13.8 Å². The first-order chi connectivity index (χ1) is 8.81. The van der Waals surface area contributed by atoms with Gasteiger partial charge in [-0.05, 0) is 13.8 Å². The van der Waals surface area contributed by atoms with Crippen LogP contribution in [0.2, 0.25) is 0 Å². The van der Waals surface area contributed by atoms with E-state index in [0.29, 0.717) is 0 Å². The number of rotatable bonds is 8. The highest BCUT2D eigenvalue weighted by molar-refractivity contribution is 6.31. The van der Waals surface area contributed by atoms with Gasteiger partial charge in [0.1, 0.15) is 11.6 Å². The summed E-state index contributed by atoms with van der Waals surface area (Å²) in [6.07, 6.45) is 0. The van der Waals surface area contributed by atoms with E-state index in [1.807, 2.05) is 0 Å². The number of hydrogen-bond donors (Lipinski definition) is 1. The first-order valence-electron chi connectivity index (χ1n) is 5.75. The van der Waals surface area contributed by atoms with Gasteiger partial charge in [-0.3, -0.25) is 19.2 Å². The molecular weight excluding hydrogens is 293 g/mol. The molecule has 0 amide bonds. The molecule has 2 unspecified atom stereocenters. The number of carbonyl (C=O) groups is 4. The number of ketones is 4. The van der Waals surface area contributed by atoms with Crippen molar-refractivity contribution in [1.82, 2.24) is 5.32 Å². The van der Waals surface area contributed by atoms with Crippen LogP contribution in [0, 0.1) is 11.8 Å². The van der Waals surface area contributed by atoms with Crippen molar-refractivity contribution in [3.05, 3.63) is 0 Å². The van der Waals surface area contributed by atoms with E-state index in [1.54, 1.807) is 0 Å². The molecule has 7 heteroatoms. The predicted octanol–water partition coefficient (Wildman–Crippen LogP) is 0.355. The van der Waals surface area contributed by atoms with Crippen molar-refractivity contribution in [3.63, 3.8) is 0 Å². The molecule has 0 saturated carbocycles. The zero-order chi connectivity index (χ0) is 14.8. The molecule has 1 aliphatic heterocycles. The van der Waals surface area contributed by atoms with Crippen molar-refractivity contribution in [1.29, 1.82) is 0 Å². The van der Waals surface area contributed by atoms with Crippen LogP contribution < -0.4 is 5.32 Å². The van der Waals surface area contributed by atoms with Gasteiger partial charge >= 0.3 is 0 Å². The van der Waals surface area contributed by atoms with Crippen LogP contribution in [0.4, 0.5) is 0 Å². The molecule has 0 aromatic carbocycles. The van der Waals surface area contributed by atoms with Crippen molar-refractivity contribution in [2.24, 2.45) is 11.8 Å². The van der Waals surface area contributed by atoms with Crippen LogP contribution >= 0.6 is 23.2 Å². The molecule has 1 N–H and O–H groups in total. The van der Waals surface area contributed by atoms with Gasteiger partial charge in [-0.25, -0.2) is 0 Å². The van der Waals surface area contributed by atoms with Crippen LogP contribution in [0.15, 0.2) is 0 Å². The zero-order valence-corrected chi connectivity index (χ0v) is 12.2. The Morgan fingerprint density at radius 1 is 1.00 bits per heavy atom. The molecular formula is C12H15Cl2NO4. The number of Topliss-reactive ketones (excluding diaryl/α,β-unsaturated/α-hetero) is 4. The maximum Gasteiger partial charge on any atom is 0.159 e. The lowest BCUT2D eigenvalue weighted by Gasteiger charge is -2.27. The highest BCUT2D eigenvalue weighted by Crippen LogP contribution is 2.38. The summed E-state index contributed by atoms with van der Waals surface area (Å²) in [5, 5.41) is 2.84. The summed E-state index contributed by atoms with van der Waals surface area (Å²) in [5.74, 6) is -4.67. The van der Waals surface area contributed by atoms with Crippen molar-refractivity contribution in [3.8, 4) is 0 Å². The zero-order valence-electron chi connectivity index (χ0n) is 10.7. The Balaban J connectivity index is 3.19. The van der Waals surface area contributed by atoms with Gasteiger partial charge in [-0.2, -0.15) is 0 Å². The number of halogens is 2. The van der Waals surface area contributed by atoms with E-state index in [2.05, 4.69) is 5.32 Å². The van der Waals surface area contributed by atoms with Gasteiger partial charge in [0.25, 0.3) is 0 Å². The summed E-state index contributed by atoms with van der Waals surface area (Å²) in [6, 6.07) is 0. The Morgan fingerprint density at radius 3 is 1.47 bits per heavy atom. The summed E-state index contributed by atoms with van der Waals surface area (Å²) in [4.78, 5) is 47.0. The highest BCUT2D eigenvalue weighted by Gasteiger charge is 2.61. The summed E-state index contributed by atoms with van der Waals surface area (Å²) >= 11 is 11.0. The van der Waals surface area contributed by atoms with Gasteiger partial charge in [-0.15, -0.1) is 23.2 Å². The molecule has 0 radical (unpaired) electrons. The second kappa shape index (κ2) is 6.11. The standard InChI is InChI=1S/C12H15Cl2NO4/c1-6(16)10(8(18)3-13)12(5-15-12)11(7(2)17)9(19)4-14/h10-11,15H,3-5H2,1-2H3. The van der Waals surface area contributed by atoms with Crippen LogP contribution in [-0.2, 0) is 19.2 Å². The van der Waals surface area contributed by atoms with Crippen molar-refractivity contribution in [2.45, 2.75) is 19.4 Å². The average molecular weight is 308 g/mol. The van der Waals surface area contributed by atoms with Gasteiger partial charge < -0.3 is 5.32 Å². The molecule has 2 atom stereocenters. The smallest absolute Gasteiger partial charge is 0.159 e. The molecule has 1 saturated heterocycles. The molecule has 5 nitrogen and oxygen atoms in total. The monoisotopic (exact) mass is 307 g/mol. The van der Waals surface area contributed by atoms with Crippen molar-refractivity contribution in [2.75, 3.05) is 18.3 Å². The molecule has 106 valence electrons. The fourth-order valence-electron chi connectivity index (χ4n) is 2.58. The summed E-state index contributed by atoms with van der Waals surface area (Å²) in [5.41, 5.74) is -1.14.